The molecule has 0 spiro atoms. The Hall–Kier alpha value is -3.02. The van der Waals surface area contributed by atoms with E-state index in [0.29, 0.717) is 5.75 Å². The maximum Gasteiger partial charge on any atom is 0.262 e. The Balaban J connectivity index is 1.47. The van der Waals surface area contributed by atoms with Crippen LogP contribution in [0, 0.1) is 0 Å². The fraction of sp³-hybridized carbons (Fsp3) is 0.417. The van der Waals surface area contributed by atoms with E-state index >= 15 is 0 Å². The molecule has 2 amide bonds. The minimum Gasteiger partial charge on any atom is -0.484 e. The predicted molar refractivity (Wildman–Crippen MR) is 120 cm³/mol. The second kappa shape index (κ2) is 9.20. The number of hydrogen-bond acceptors (Lipinski definition) is 4. The third-order valence-electron chi connectivity index (χ3n) is 5.33. The molecule has 0 aliphatic carbocycles. The minimum absolute atomic E-state index is 0.0381. The molecule has 1 N–H and O–H groups in total. The summed E-state index contributed by atoms with van der Waals surface area (Å²) in [5, 5.41) is 2.86. The van der Waals surface area contributed by atoms with Gasteiger partial charge in [0.2, 0.25) is 5.91 Å². The van der Waals surface area contributed by atoms with Gasteiger partial charge in [-0.15, -0.1) is 0 Å². The number of hydrogen-bond donors (Lipinski definition) is 1. The van der Waals surface area contributed by atoms with Crippen LogP contribution in [0.3, 0.4) is 0 Å². The molecule has 6 nitrogen and oxygen atoms in total. The van der Waals surface area contributed by atoms with Crippen LogP contribution >= 0.6 is 0 Å². The molecule has 0 atom stereocenters. The summed E-state index contributed by atoms with van der Waals surface area (Å²) in [6.07, 6.45) is 0. The molecule has 1 heterocycles. The first kappa shape index (κ1) is 21.7. The lowest BCUT2D eigenvalue weighted by atomic mass is 9.87. The van der Waals surface area contributed by atoms with E-state index in [4.69, 9.17) is 4.74 Å². The van der Waals surface area contributed by atoms with Gasteiger partial charge < -0.3 is 19.9 Å². The zero-order valence-electron chi connectivity index (χ0n) is 18.3. The van der Waals surface area contributed by atoms with Crippen molar-refractivity contribution in [2.45, 2.75) is 33.1 Å². The van der Waals surface area contributed by atoms with Crippen LogP contribution in [-0.2, 0) is 15.0 Å². The molecule has 6 heteroatoms. The fourth-order valence-corrected chi connectivity index (χ4v) is 3.43. The zero-order valence-corrected chi connectivity index (χ0v) is 18.3. The number of carbonyl (C=O) groups excluding carboxylic acids is 2. The number of nitrogens with zero attached hydrogens (tertiary/aromatic N) is 2. The van der Waals surface area contributed by atoms with E-state index in [-0.39, 0.29) is 23.8 Å². The molecule has 160 valence electrons. The molecule has 2 aromatic carbocycles. The van der Waals surface area contributed by atoms with Crippen LogP contribution < -0.4 is 15.0 Å². The fourth-order valence-electron chi connectivity index (χ4n) is 3.43. The molecular formula is C24H31N3O3. The molecule has 0 bridgehead atoms. The second-order valence-electron chi connectivity index (χ2n) is 8.65. The first-order chi connectivity index (χ1) is 14.2. The summed E-state index contributed by atoms with van der Waals surface area (Å²) in [5.74, 6) is 0.607. The van der Waals surface area contributed by atoms with Gasteiger partial charge in [0.25, 0.3) is 5.91 Å². The second-order valence-corrected chi connectivity index (χ2v) is 8.65. The molecule has 0 unspecified atom stereocenters. The summed E-state index contributed by atoms with van der Waals surface area (Å²) >= 11 is 0. The number of piperazine rings is 1. The van der Waals surface area contributed by atoms with Crippen molar-refractivity contribution >= 4 is 23.2 Å². The van der Waals surface area contributed by atoms with E-state index in [1.165, 1.54) is 5.56 Å². The Bertz CT molecular complexity index is 862. The maximum absolute atomic E-state index is 12.2. The van der Waals surface area contributed by atoms with Gasteiger partial charge in [-0.3, -0.25) is 9.59 Å². The van der Waals surface area contributed by atoms with Gasteiger partial charge in [0, 0.05) is 44.5 Å². The van der Waals surface area contributed by atoms with Gasteiger partial charge in [-0.25, -0.2) is 0 Å². The van der Waals surface area contributed by atoms with Crippen LogP contribution in [0.1, 0.15) is 33.3 Å². The lowest BCUT2D eigenvalue weighted by Crippen LogP contribution is -2.48. The lowest BCUT2D eigenvalue weighted by molar-refractivity contribution is -0.129. The topological polar surface area (TPSA) is 61.9 Å². The Morgan fingerprint density at radius 1 is 0.933 bits per heavy atom. The van der Waals surface area contributed by atoms with Crippen molar-refractivity contribution < 1.29 is 14.3 Å². The summed E-state index contributed by atoms with van der Waals surface area (Å²) in [5.41, 5.74) is 3.13. The summed E-state index contributed by atoms with van der Waals surface area (Å²) in [4.78, 5) is 27.8. The van der Waals surface area contributed by atoms with Gasteiger partial charge in [0.15, 0.2) is 6.61 Å². The largest absolute Gasteiger partial charge is 0.484 e. The predicted octanol–water partition coefficient (Wildman–Crippen LogP) is 3.67. The zero-order chi connectivity index (χ0) is 21.7. The SMILES string of the molecule is CC(=O)N1CCN(c2ccc(NC(=O)COc3ccc(C(C)(C)C)cc3)cc2)CC1. The van der Waals surface area contributed by atoms with Crippen LogP contribution in [0.15, 0.2) is 48.5 Å². The van der Waals surface area contributed by atoms with Gasteiger partial charge in [-0.05, 0) is 47.4 Å². The third-order valence-corrected chi connectivity index (χ3v) is 5.33. The standard InChI is InChI=1S/C24H31N3O3/c1-18(28)26-13-15-27(16-14-26)21-9-7-20(8-10-21)25-23(29)17-30-22-11-5-19(6-12-22)24(2,3)4/h5-12H,13-17H2,1-4H3,(H,25,29). The van der Waals surface area contributed by atoms with Crippen LogP contribution in [0.2, 0.25) is 0 Å². The molecule has 1 saturated heterocycles. The van der Waals surface area contributed by atoms with Crippen molar-refractivity contribution in [2.75, 3.05) is 43.0 Å². The van der Waals surface area contributed by atoms with Crippen LogP contribution in [-0.4, -0.2) is 49.5 Å². The maximum atomic E-state index is 12.2. The third kappa shape index (κ3) is 5.75. The van der Waals surface area contributed by atoms with Crippen molar-refractivity contribution in [1.82, 2.24) is 4.90 Å². The number of carbonyl (C=O) groups is 2. The molecular weight excluding hydrogens is 378 g/mol. The highest BCUT2D eigenvalue weighted by Crippen LogP contribution is 2.24. The van der Waals surface area contributed by atoms with Crippen LogP contribution in [0.25, 0.3) is 0 Å². The van der Waals surface area contributed by atoms with E-state index in [1.54, 1.807) is 6.92 Å². The Labute approximate surface area is 178 Å². The van der Waals surface area contributed by atoms with E-state index in [2.05, 4.69) is 31.0 Å². The van der Waals surface area contributed by atoms with Crippen LogP contribution in [0.4, 0.5) is 11.4 Å². The Morgan fingerprint density at radius 2 is 1.53 bits per heavy atom. The highest BCUT2D eigenvalue weighted by Gasteiger charge is 2.18. The summed E-state index contributed by atoms with van der Waals surface area (Å²) in [6.45, 7) is 11.2. The van der Waals surface area contributed by atoms with E-state index < -0.39 is 0 Å². The number of rotatable bonds is 5. The first-order valence-corrected chi connectivity index (χ1v) is 10.4. The highest BCUT2D eigenvalue weighted by molar-refractivity contribution is 5.92. The van der Waals surface area contributed by atoms with Gasteiger partial charge >= 0.3 is 0 Å². The van der Waals surface area contributed by atoms with E-state index in [0.717, 1.165) is 37.6 Å². The number of nitrogens with one attached hydrogen (secondary N) is 1. The Morgan fingerprint density at radius 3 is 2.07 bits per heavy atom. The number of benzene rings is 2. The van der Waals surface area contributed by atoms with Gasteiger partial charge in [0.1, 0.15) is 5.75 Å². The molecule has 0 radical (unpaired) electrons. The van der Waals surface area contributed by atoms with Gasteiger partial charge in [-0.1, -0.05) is 32.9 Å². The molecule has 30 heavy (non-hydrogen) atoms. The summed E-state index contributed by atoms with van der Waals surface area (Å²) in [6, 6.07) is 15.6. The molecule has 2 aromatic rings. The van der Waals surface area contributed by atoms with E-state index in [1.807, 2.05) is 53.4 Å². The van der Waals surface area contributed by atoms with Gasteiger partial charge in [0.05, 0.1) is 0 Å². The summed E-state index contributed by atoms with van der Waals surface area (Å²) < 4.78 is 5.60. The van der Waals surface area contributed by atoms with Crippen LogP contribution in [0.5, 0.6) is 5.75 Å². The van der Waals surface area contributed by atoms with Crippen molar-refractivity contribution in [3.05, 3.63) is 54.1 Å². The molecule has 1 fully saturated rings. The summed E-state index contributed by atoms with van der Waals surface area (Å²) in [7, 11) is 0. The van der Waals surface area contributed by atoms with Gasteiger partial charge in [-0.2, -0.15) is 0 Å². The average Bonchev–Trinajstić information content (AvgIpc) is 2.72. The molecule has 0 aromatic heterocycles. The lowest BCUT2D eigenvalue weighted by Gasteiger charge is -2.35. The van der Waals surface area contributed by atoms with Crippen molar-refractivity contribution in [1.29, 1.82) is 0 Å². The molecule has 1 aliphatic rings. The molecule has 3 rings (SSSR count). The highest BCUT2D eigenvalue weighted by atomic mass is 16.5. The number of ether oxygens (including phenoxy) is 1. The number of anilines is 2. The smallest absolute Gasteiger partial charge is 0.262 e. The first-order valence-electron chi connectivity index (χ1n) is 10.4. The Kier molecular flexibility index (Phi) is 6.65. The molecule has 0 saturated carbocycles. The minimum atomic E-state index is -0.197. The van der Waals surface area contributed by atoms with Crippen molar-refractivity contribution in [2.24, 2.45) is 0 Å². The quantitative estimate of drug-likeness (QED) is 0.819. The normalized spacial score (nSPS) is 14.4. The number of amides is 2. The average molecular weight is 410 g/mol. The molecule has 1 aliphatic heterocycles. The van der Waals surface area contributed by atoms with E-state index in [9.17, 15) is 9.59 Å². The van der Waals surface area contributed by atoms with Crippen molar-refractivity contribution in [3.8, 4) is 5.75 Å². The van der Waals surface area contributed by atoms with Crippen molar-refractivity contribution in [3.63, 3.8) is 0 Å². The monoisotopic (exact) mass is 409 g/mol.